The number of hydrogen-bond donors (Lipinski definition) is 1. The molecule has 0 bridgehead atoms. The lowest BCUT2D eigenvalue weighted by Gasteiger charge is -2.09. The number of aliphatic carboxylic acids is 1. The summed E-state index contributed by atoms with van der Waals surface area (Å²) in [6.45, 7) is 1.47. The van der Waals surface area contributed by atoms with Gasteiger partial charge in [-0.3, -0.25) is 4.79 Å². The van der Waals surface area contributed by atoms with Gasteiger partial charge in [0.25, 0.3) is 5.56 Å². The van der Waals surface area contributed by atoms with Crippen molar-refractivity contribution in [3.05, 3.63) is 69.0 Å². The molecule has 0 amide bonds. The number of benzene rings is 2. The molecule has 4 rings (SSSR count). The first-order valence-corrected chi connectivity index (χ1v) is 8.76. The van der Waals surface area contributed by atoms with Gasteiger partial charge in [-0.2, -0.15) is 0 Å². The van der Waals surface area contributed by atoms with E-state index in [0.717, 1.165) is 16.6 Å². The Morgan fingerprint density at radius 3 is 2.69 bits per heavy atom. The van der Waals surface area contributed by atoms with Crippen LogP contribution in [0, 0.1) is 0 Å². The highest BCUT2D eigenvalue weighted by atomic mass is 32.1. The van der Waals surface area contributed by atoms with E-state index in [4.69, 9.17) is 9.84 Å². The number of aromatic nitrogens is 2. The van der Waals surface area contributed by atoms with Gasteiger partial charge in [-0.05, 0) is 42.8 Å². The molecule has 2 aromatic carbocycles. The van der Waals surface area contributed by atoms with Crippen LogP contribution in [0.5, 0.6) is 5.75 Å². The van der Waals surface area contributed by atoms with E-state index >= 15 is 0 Å². The lowest BCUT2D eigenvalue weighted by Crippen LogP contribution is -2.23. The number of nitrogens with zero attached hydrogens (tertiary/aromatic N) is 2. The lowest BCUT2D eigenvalue weighted by atomic mass is 10.2. The van der Waals surface area contributed by atoms with Crippen LogP contribution in [0.25, 0.3) is 22.1 Å². The van der Waals surface area contributed by atoms with Crippen molar-refractivity contribution < 1.29 is 14.6 Å². The summed E-state index contributed by atoms with van der Waals surface area (Å²) in [4.78, 5) is 28.7. The summed E-state index contributed by atoms with van der Waals surface area (Å²) in [7, 11) is 0. The van der Waals surface area contributed by atoms with Crippen molar-refractivity contribution in [3.8, 4) is 5.75 Å². The van der Waals surface area contributed by atoms with Crippen molar-refractivity contribution in [1.82, 2.24) is 9.38 Å². The highest BCUT2D eigenvalue weighted by Crippen LogP contribution is 2.17. The molecule has 0 radical (unpaired) electrons. The molecule has 0 fully saturated rings. The van der Waals surface area contributed by atoms with Crippen molar-refractivity contribution in [2.24, 2.45) is 0 Å². The van der Waals surface area contributed by atoms with Crippen LogP contribution in [0.1, 0.15) is 12.5 Å². The SMILES string of the molecule is CC(Oc1ccc(C=c2sc3nc4ccccc4n3c2=O)cc1)C(=O)O. The second kappa shape index (κ2) is 6.27. The zero-order valence-electron chi connectivity index (χ0n) is 13.7. The van der Waals surface area contributed by atoms with E-state index in [1.54, 1.807) is 34.7 Å². The molecular weight excluding hydrogens is 352 g/mol. The molecule has 0 aliphatic carbocycles. The molecule has 2 heterocycles. The third kappa shape index (κ3) is 2.82. The van der Waals surface area contributed by atoms with Gasteiger partial charge in [0.1, 0.15) is 5.75 Å². The number of carboxylic acids is 1. The molecule has 130 valence electrons. The Hall–Kier alpha value is -3.19. The fraction of sp³-hybridized carbons (Fsp3) is 0.105. The largest absolute Gasteiger partial charge is 0.479 e. The molecule has 4 aromatic rings. The summed E-state index contributed by atoms with van der Waals surface area (Å²) in [5.74, 6) is -0.558. The van der Waals surface area contributed by atoms with Gasteiger partial charge in [0.15, 0.2) is 11.1 Å². The minimum atomic E-state index is -1.02. The quantitative estimate of drug-likeness (QED) is 0.599. The molecule has 0 saturated heterocycles. The van der Waals surface area contributed by atoms with Crippen molar-refractivity contribution in [3.63, 3.8) is 0 Å². The first-order valence-electron chi connectivity index (χ1n) is 7.94. The number of ether oxygens (including phenoxy) is 1. The number of para-hydroxylation sites is 2. The zero-order valence-corrected chi connectivity index (χ0v) is 14.6. The van der Waals surface area contributed by atoms with Gasteiger partial charge < -0.3 is 9.84 Å². The number of carbonyl (C=O) groups is 1. The van der Waals surface area contributed by atoms with Crippen LogP contribution in [0.4, 0.5) is 0 Å². The molecule has 2 aromatic heterocycles. The summed E-state index contributed by atoms with van der Waals surface area (Å²) in [5, 5.41) is 8.87. The Morgan fingerprint density at radius 1 is 1.23 bits per heavy atom. The molecule has 1 N–H and O–H groups in total. The second-order valence-corrected chi connectivity index (χ2v) is 6.81. The van der Waals surface area contributed by atoms with Gasteiger partial charge in [0, 0.05) is 0 Å². The third-order valence-corrected chi connectivity index (χ3v) is 4.95. The monoisotopic (exact) mass is 366 g/mol. The second-order valence-electron chi connectivity index (χ2n) is 5.80. The van der Waals surface area contributed by atoms with Crippen LogP contribution in [0.3, 0.4) is 0 Å². The Morgan fingerprint density at radius 2 is 1.96 bits per heavy atom. The summed E-state index contributed by atoms with van der Waals surface area (Å²) in [6, 6.07) is 14.5. The molecule has 0 spiro atoms. The minimum Gasteiger partial charge on any atom is -0.479 e. The summed E-state index contributed by atoms with van der Waals surface area (Å²) >= 11 is 1.34. The first kappa shape index (κ1) is 16.3. The molecule has 1 unspecified atom stereocenters. The van der Waals surface area contributed by atoms with Crippen molar-refractivity contribution in [2.45, 2.75) is 13.0 Å². The average Bonchev–Trinajstić information content (AvgIpc) is 3.13. The van der Waals surface area contributed by atoms with Crippen molar-refractivity contribution in [2.75, 3.05) is 0 Å². The van der Waals surface area contributed by atoms with E-state index in [1.165, 1.54) is 18.3 Å². The van der Waals surface area contributed by atoms with Crippen LogP contribution in [0.15, 0.2) is 53.3 Å². The van der Waals surface area contributed by atoms with Gasteiger partial charge in [-0.25, -0.2) is 14.2 Å². The Labute approximate surface area is 151 Å². The highest BCUT2D eigenvalue weighted by Gasteiger charge is 2.12. The number of fused-ring (bicyclic) bond motifs is 3. The topological polar surface area (TPSA) is 80.9 Å². The summed E-state index contributed by atoms with van der Waals surface area (Å²) in [6.07, 6.45) is 0.873. The number of hydrogen-bond acceptors (Lipinski definition) is 5. The molecule has 7 heteroatoms. The minimum absolute atomic E-state index is 0.0986. The fourth-order valence-electron chi connectivity index (χ4n) is 2.66. The van der Waals surface area contributed by atoms with E-state index < -0.39 is 12.1 Å². The van der Waals surface area contributed by atoms with Gasteiger partial charge in [-0.1, -0.05) is 35.6 Å². The molecule has 26 heavy (non-hydrogen) atoms. The van der Waals surface area contributed by atoms with E-state index in [1.807, 2.05) is 24.3 Å². The predicted octanol–water partition coefficient (Wildman–Crippen LogP) is 2.31. The lowest BCUT2D eigenvalue weighted by molar-refractivity contribution is -0.144. The van der Waals surface area contributed by atoms with Gasteiger partial charge in [0.05, 0.1) is 15.6 Å². The molecule has 1 atom stereocenters. The normalized spacial score (nSPS) is 13.3. The number of carboxylic acid groups (broad SMARTS) is 1. The van der Waals surface area contributed by atoms with Gasteiger partial charge in [-0.15, -0.1) is 0 Å². The van der Waals surface area contributed by atoms with Gasteiger partial charge >= 0.3 is 5.97 Å². The molecule has 0 aliphatic heterocycles. The van der Waals surface area contributed by atoms with Crippen LogP contribution >= 0.6 is 11.3 Å². The van der Waals surface area contributed by atoms with E-state index in [2.05, 4.69) is 4.98 Å². The van der Waals surface area contributed by atoms with Crippen LogP contribution in [-0.2, 0) is 4.79 Å². The third-order valence-electron chi connectivity index (χ3n) is 3.98. The Kier molecular flexibility index (Phi) is 3.93. The smallest absolute Gasteiger partial charge is 0.344 e. The molecule has 0 aliphatic rings. The number of rotatable bonds is 4. The van der Waals surface area contributed by atoms with Crippen LogP contribution in [-0.4, -0.2) is 26.6 Å². The Bertz CT molecular complexity index is 1220. The van der Waals surface area contributed by atoms with Crippen LogP contribution < -0.4 is 14.8 Å². The van der Waals surface area contributed by atoms with Crippen molar-refractivity contribution in [1.29, 1.82) is 0 Å². The van der Waals surface area contributed by atoms with E-state index in [9.17, 15) is 9.59 Å². The highest BCUT2D eigenvalue weighted by molar-refractivity contribution is 7.15. The maximum absolute atomic E-state index is 12.7. The number of thiazole rings is 1. The van der Waals surface area contributed by atoms with E-state index in [0.29, 0.717) is 15.2 Å². The standard InChI is InChI=1S/C19H14N2O4S/c1-11(18(23)24)25-13-8-6-12(7-9-13)10-16-17(22)21-15-5-3-2-4-14(15)20-19(21)26-16/h2-11H,1H3,(H,23,24). The average molecular weight is 366 g/mol. The molecular formula is C19H14N2O4S. The fourth-order valence-corrected chi connectivity index (χ4v) is 3.65. The Balaban J connectivity index is 1.71. The van der Waals surface area contributed by atoms with E-state index in [-0.39, 0.29) is 5.56 Å². The molecule has 0 saturated carbocycles. The van der Waals surface area contributed by atoms with Gasteiger partial charge in [0.2, 0.25) is 0 Å². The van der Waals surface area contributed by atoms with Crippen LogP contribution in [0.2, 0.25) is 0 Å². The zero-order chi connectivity index (χ0) is 18.3. The molecule has 6 nitrogen and oxygen atoms in total. The predicted molar refractivity (Wildman–Crippen MR) is 99.8 cm³/mol. The maximum atomic E-state index is 12.7. The number of imidazole rings is 1. The summed E-state index contributed by atoms with van der Waals surface area (Å²) < 4.78 is 7.51. The van der Waals surface area contributed by atoms with Crippen molar-refractivity contribution >= 4 is 39.4 Å². The maximum Gasteiger partial charge on any atom is 0.344 e. The summed E-state index contributed by atoms with van der Waals surface area (Å²) in [5.41, 5.74) is 2.33. The first-order chi connectivity index (χ1) is 12.5.